The second kappa shape index (κ2) is 6.65. The molecule has 1 heterocycles. The van der Waals surface area contributed by atoms with Crippen LogP contribution in [0.4, 0.5) is 10.5 Å². The average Bonchev–Trinajstić information content (AvgIpc) is 2.88. The summed E-state index contributed by atoms with van der Waals surface area (Å²) in [7, 11) is 4.58. The van der Waals surface area contributed by atoms with Crippen LogP contribution in [0.15, 0.2) is 42.5 Å². The van der Waals surface area contributed by atoms with Gasteiger partial charge in [0.05, 0.1) is 25.5 Å². The van der Waals surface area contributed by atoms with Crippen molar-refractivity contribution in [3.8, 4) is 17.6 Å². The van der Waals surface area contributed by atoms with E-state index < -0.39 is 11.6 Å². The molecule has 2 aromatic rings. The van der Waals surface area contributed by atoms with Crippen LogP contribution in [-0.4, -0.2) is 38.1 Å². The zero-order chi connectivity index (χ0) is 19.8. The fraction of sp³-hybridized carbons (Fsp3) is 0.250. The Morgan fingerprint density at radius 2 is 1.70 bits per heavy atom. The minimum absolute atomic E-state index is 0.302. The minimum Gasteiger partial charge on any atom is -0.497 e. The number of urea groups is 1. The number of benzene rings is 2. The van der Waals surface area contributed by atoms with Crippen LogP contribution in [0, 0.1) is 11.3 Å². The number of nitrogens with zero attached hydrogens (tertiary/aromatic N) is 3. The Bertz CT molecular complexity index is 949. The van der Waals surface area contributed by atoms with E-state index in [9.17, 15) is 9.59 Å². The van der Waals surface area contributed by atoms with Crippen LogP contribution in [0.25, 0.3) is 0 Å². The van der Waals surface area contributed by atoms with Crippen molar-refractivity contribution in [2.45, 2.75) is 12.5 Å². The van der Waals surface area contributed by atoms with Crippen LogP contribution in [0.3, 0.4) is 0 Å². The number of amides is 3. The lowest BCUT2D eigenvalue weighted by Gasteiger charge is -2.29. The van der Waals surface area contributed by atoms with Gasteiger partial charge in [-0.25, -0.2) is 9.69 Å². The van der Waals surface area contributed by atoms with Gasteiger partial charge >= 0.3 is 6.03 Å². The number of methoxy groups -OCH3 is 2. The molecule has 138 valence electrons. The average molecular weight is 365 g/mol. The Balaban J connectivity index is 2.06. The molecule has 1 aliphatic heterocycles. The van der Waals surface area contributed by atoms with Gasteiger partial charge < -0.3 is 14.4 Å². The number of carbonyl (C=O) groups excluding carboxylic acids is 2. The number of carbonyl (C=O) groups is 2. The summed E-state index contributed by atoms with van der Waals surface area (Å²) < 4.78 is 10.4. The molecule has 0 bridgehead atoms. The van der Waals surface area contributed by atoms with Crippen molar-refractivity contribution in [2.24, 2.45) is 0 Å². The molecule has 0 aromatic heterocycles. The number of imide groups is 1. The first-order chi connectivity index (χ1) is 12.9. The maximum atomic E-state index is 13.3. The predicted octanol–water partition coefficient (Wildman–Crippen LogP) is 2.89. The lowest BCUT2D eigenvalue weighted by Crippen LogP contribution is -2.42. The second-order valence-electron chi connectivity index (χ2n) is 6.28. The molecule has 0 unspecified atom stereocenters. The van der Waals surface area contributed by atoms with Crippen molar-refractivity contribution in [3.05, 3.63) is 53.6 Å². The Kier molecular flexibility index (Phi) is 4.50. The van der Waals surface area contributed by atoms with E-state index in [0.29, 0.717) is 28.3 Å². The van der Waals surface area contributed by atoms with E-state index in [-0.39, 0.29) is 5.91 Å². The zero-order valence-corrected chi connectivity index (χ0v) is 15.5. The van der Waals surface area contributed by atoms with Gasteiger partial charge in [-0.3, -0.25) is 4.79 Å². The molecule has 1 fully saturated rings. The van der Waals surface area contributed by atoms with Crippen molar-refractivity contribution in [3.63, 3.8) is 0 Å². The maximum Gasteiger partial charge on any atom is 0.332 e. The lowest BCUT2D eigenvalue weighted by atomic mass is 9.90. The van der Waals surface area contributed by atoms with Gasteiger partial charge in [0.2, 0.25) is 0 Å². The number of ether oxygens (including phenoxy) is 2. The van der Waals surface area contributed by atoms with E-state index in [4.69, 9.17) is 14.7 Å². The van der Waals surface area contributed by atoms with Gasteiger partial charge in [-0.2, -0.15) is 5.26 Å². The highest BCUT2D eigenvalue weighted by Gasteiger charge is 2.54. The van der Waals surface area contributed by atoms with Crippen molar-refractivity contribution in [1.82, 2.24) is 4.90 Å². The summed E-state index contributed by atoms with van der Waals surface area (Å²) in [5.74, 6) is 0.582. The first kappa shape index (κ1) is 18.3. The van der Waals surface area contributed by atoms with Crippen LogP contribution < -0.4 is 14.4 Å². The van der Waals surface area contributed by atoms with Crippen LogP contribution >= 0.6 is 0 Å². The van der Waals surface area contributed by atoms with Crippen molar-refractivity contribution in [1.29, 1.82) is 5.26 Å². The molecule has 0 aliphatic carbocycles. The maximum absolute atomic E-state index is 13.3. The molecular formula is C20H19N3O4. The van der Waals surface area contributed by atoms with E-state index in [2.05, 4.69) is 0 Å². The third kappa shape index (κ3) is 2.66. The van der Waals surface area contributed by atoms with E-state index in [1.54, 1.807) is 51.4 Å². The van der Waals surface area contributed by atoms with Gasteiger partial charge in [-0.15, -0.1) is 0 Å². The van der Waals surface area contributed by atoms with E-state index >= 15 is 0 Å². The molecule has 0 radical (unpaired) electrons. The summed E-state index contributed by atoms with van der Waals surface area (Å²) in [6, 6.07) is 13.2. The van der Waals surface area contributed by atoms with Gasteiger partial charge in [0, 0.05) is 13.1 Å². The molecular weight excluding hydrogens is 346 g/mol. The number of rotatable bonds is 4. The standard InChI is InChI=1S/C20H19N3O4/c1-20(14-6-9-16(26-3)10-7-14)18(24)23(19(25)22(20)2)15-8-5-13(12-21)17(11-15)27-4/h5-11H,1-4H3/t20-/m1/s1. The summed E-state index contributed by atoms with van der Waals surface area (Å²) in [6.07, 6.45) is 0. The molecule has 0 N–H and O–H groups in total. The van der Waals surface area contributed by atoms with E-state index in [0.717, 1.165) is 4.90 Å². The molecule has 1 aliphatic rings. The highest BCUT2D eigenvalue weighted by atomic mass is 16.5. The van der Waals surface area contributed by atoms with Crippen LogP contribution in [-0.2, 0) is 10.3 Å². The molecule has 0 saturated carbocycles. The fourth-order valence-electron chi connectivity index (χ4n) is 3.16. The number of hydrogen-bond donors (Lipinski definition) is 0. The quantitative estimate of drug-likeness (QED) is 0.778. The molecule has 7 nitrogen and oxygen atoms in total. The van der Waals surface area contributed by atoms with Gasteiger partial charge in [0.1, 0.15) is 23.1 Å². The summed E-state index contributed by atoms with van der Waals surface area (Å²) in [4.78, 5) is 28.7. The molecule has 0 spiro atoms. The van der Waals surface area contributed by atoms with Crippen molar-refractivity contribution in [2.75, 3.05) is 26.2 Å². The molecule has 3 amide bonds. The summed E-state index contributed by atoms with van der Waals surface area (Å²) in [6.45, 7) is 1.70. The van der Waals surface area contributed by atoms with Gasteiger partial charge in [0.15, 0.2) is 0 Å². The topological polar surface area (TPSA) is 82.9 Å². The lowest BCUT2D eigenvalue weighted by molar-refractivity contribution is -0.124. The van der Waals surface area contributed by atoms with Gasteiger partial charge in [-0.05, 0) is 36.8 Å². The fourth-order valence-corrected chi connectivity index (χ4v) is 3.16. The predicted molar refractivity (Wildman–Crippen MR) is 98.7 cm³/mol. The Labute approximate surface area is 157 Å². The monoisotopic (exact) mass is 365 g/mol. The first-order valence-electron chi connectivity index (χ1n) is 8.23. The Morgan fingerprint density at radius 3 is 2.26 bits per heavy atom. The number of likely N-dealkylation sites (N-methyl/N-ethyl adjacent to an activating group) is 1. The van der Waals surface area contributed by atoms with Gasteiger partial charge in [0.25, 0.3) is 5.91 Å². The minimum atomic E-state index is -1.16. The number of nitriles is 1. The highest BCUT2D eigenvalue weighted by molar-refractivity contribution is 6.23. The third-order valence-corrected chi connectivity index (χ3v) is 4.98. The number of hydrogen-bond acceptors (Lipinski definition) is 5. The van der Waals surface area contributed by atoms with Crippen molar-refractivity contribution >= 4 is 17.6 Å². The van der Waals surface area contributed by atoms with E-state index in [1.165, 1.54) is 24.1 Å². The van der Waals surface area contributed by atoms with Crippen LogP contribution in [0.5, 0.6) is 11.5 Å². The van der Waals surface area contributed by atoms with Gasteiger partial charge in [-0.1, -0.05) is 12.1 Å². The van der Waals surface area contributed by atoms with Crippen LogP contribution in [0.1, 0.15) is 18.1 Å². The molecule has 7 heteroatoms. The SMILES string of the molecule is COc1ccc([C@]2(C)C(=O)N(c3ccc(C#N)c(OC)c3)C(=O)N2C)cc1. The molecule has 1 atom stereocenters. The zero-order valence-electron chi connectivity index (χ0n) is 15.5. The molecule has 2 aromatic carbocycles. The molecule has 3 rings (SSSR count). The summed E-state index contributed by atoms with van der Waals surface area (Å²) in [5, 5.41) is 9.13. The molecule has 27 heavy (non-hydrogen) atoms. The van der Waals surface area contributed by atoms with Crippen LogP contribution in [0.2, 0.25) is 0 Å². The first-order valence-corrected chi connectivity index (χ1v) is 8.23. The van der Waals surface area contributed by atoms with E-state index in [1.807, 2.05) is 6.07 Å². The van der Waals surface area contributed by atoms with Crippen molar-refractivity contribution < 1.29 is 19.1 Å². The number of anilines is 1. The Morgan fingerprint density at radius 1 is 1.04 bits per heavy atom. The summed E-state index contributed by atoms with van der Waals surface area (Å²) in [5.41, 5.74) is 0.189. The third-order valence-electron chi connectivity index (χ3n) is 4.98. The second-order valence-corrected chi connectivity index (χ2v) is 6.28. The smallest absolute Gasteiger partial charge is 0.332 e. The Hall–Kier alpha value is -3.53. The largest absolute Gasteiger partial charge is 0.497 e. The molecule has 1 saturated heterocycles. The highest BCUT2D eigenvalue weighted by Crippen LogP contribution is 2.39. The summed E-state index contributed by atoms with van der Waals surface area (Å²) >= 11 is 0. The normalized spacial score (nSPS) is 19.2.